The fourth-order valence-electron chi connectivity index (χ4n) is 4.23. The summed E-state index contributed by atoms with van der Waals surface area (Å²) in [6.07, 6.45) is 4.02. The van der Waals surface area contributed by atoms with E-state index in [-0.39, 0.29) is 11.9 Å². The van der Waals surface area contributed by atoms with Gasteiger partial charge < -0.3 is 15.1 Å². The lowest BCUT2D eigenvalue weighted by molar-refractivity contribution is 0.0950. The highest BCUT2D eigenvalue weighted by molar-refractivity contribution is 5.91. The van der Waals surface area contributed by atoms with Crippen molar-refractivity contribution in [2.45, 2.75) is 40.2 Å². The summed E-state index contributed by atoms with van der Waals surface area (Å²) in [4.78, 5) is 25.3. The minimum absolute atomic E-state index is 0.199. The van der Waals surface area contributed by atoms with Gasteiger partial charge in [0.15, 0.2) is 5.82 Å². The van der Waals surface area contributed by atoms with E-state index in [1.807, 2.05) is 13.0 Å². The standard InChI is InChI=1S/C25H31N7O/c1-5-26-25(33)22-14-28-23(15-27-22)32-12-11-31(16-17(32)2)24-19(4)18(3)21(29-30-24)13-20-9-7-6-8-10-20/h6-10,14-15,17H,5,11-13,16H2,1-4H3,(H,26,33)/t17-/m1/s1. The van der Waals surface area contributed by atoms with Gasteiger partial charge in [-0.15, -0.1) is 5.10 Å². The maximum atomic E-state index is 11.9. The van der Waals surface area contributed by atoms with E-state index in [9.17, 15) is 4.79 Å². The summed E-state index contributed by atoms with van der Waals surface area (Å²) >= 11 is 0. The molecule has 3 heterocycles. The third-order valence-electron chi connectivity index (χ3n) is 6.24. The highest BCUT2D eigenvalue weighted by Crippen LogP contribution is 2.26. The summed E-state index contributed by atoms with van der Waals surface area (Å²) in [7, 11) is 0. The lowest BCUT2D eigenvalue weighted by atomic mass is 10.0. The van der Waals surface area contributed by atoms with E-state index in [0.29, 0.717) is 12.2 Å². The number of nitrogens with zero attached hydrogens (tertiary/aromatic N) is 6. The maximum absolute atomic E-state index is 11.9. The van der Waals surface area contributed by atoms with Crippen LogP contribution >= 0.6 is 0 Å². The number of anilines is 2. The molecule has 172 valence electrons. The molecular formula is C25H31N7O. The van der Waals surface area contributed by atoms with Crippen molar-refractivity contribution < 1.29 is 4.79 Å². The van der Waals surface area contributed by atoms with E-state index in [4.69, 9.17) is 0 Å². The van der Waals surface area contributed by atoms with Crippen LogP contribution in [0.15, 0.2) is 42.7 Å². The van der Waals surface area contributed by atoms with Crippen molar-refractivity contribution in [2.24, 2.45) is 0 Å². The van der Waals surface area contributed by atoms with E-state index in [1.165, 1.54) is 16.7 Å². The molecule has 0 unspecified atom stereocenters. The van der Waals surface area contributed by atoms with Crippen molar-refractivity contribution in [1.29, 1.82) is 0 Å². The lowest BCUT2D eigenvalue weighted by Crippen LogP contribution is -2.53. The Morgan fingerprint density at radius 2 is 1.85 bits per heavy atom. The zero-order chi connectivity index (χ0) is 23.4. The maximum Gasteiger partial charge on any atom is 0.271 e. The number of nitrogens with one attached hydrogen (secondary N) is 1. The van der Waals surface area contributed by atoms with Gasteiger partial charge in [-0.3, -0.25) is 4.79 Å². The van der Waals surface area contributed by atoms with Gasteiger partial charge in [-0.1, -0.05) is 30.3 Å². The van der Waals surface area contributed by atoms with Crippen LogP contribution in [0.3, 0.4) is 0 Å². The number of hydrogen-bond acceptors (Lipinski definition) is 7. The predicted molar refractivity (Wildman–Crippen MR) is 130 cm³/mol. The molecule has 1 saturated heterocycles. The molecule has 1 aliphatic heterocycles. The summed E-state index contributed by atoms with van der Waals surface area (Å²) in [5, 5.41) is 12.0. The van der Waals surface area contributed by atoms with E-state index in [2.05, 4.69) is 80.3 Å². The Kier molecular flexibility index (Phi) is 6.82. The summed E-state index contributed by atoms with van der Waals surface area (Å²) in [5.41, 5.74) is 4.98. The largest absolute Gasteiger partial charge is 0.351 e. The number of rotatable bonds is 6. The van der Waals surface area contributed by atoms with Crippen LogP contribution in [-0.4, -0.2) is 58.3 Å². The number of aromatic nitrogens is 4. The van der Waals surface area contributed by atoms with Gasteiger partial charge in [0.25, 0.3) is 5.91 Å². The molecule has 3 aromatic rings. The third kappa shape index (κ3) is 4.94. The minimum Gasteiger partial charge on any atom is -0.351 e. The van der Waals surface area contributed by atoms with Crippen LogP contribution in [0.2, 0.25) is 0 Å². The van der Waals surface area contributed by atoms with Gasteiger partial charge in [0, 0.05) is 38.6 Å². The Labute approximate surface area is 195 Å². The van der Waals surface area contributed by atoms with Crippen LogP contribution in [0.4, 0.5) is 11.6 Å². The molecule has 0 aliphatic carbocycles. The Morgan fingerprint density at radius 1 is 1.06 bits per heavy atom. The normalized spacial score (nSPS) is 16.1. The Hall–Kier alpha value is -3.55. The van der Waals surface area contributed by atoms with E-state index in [0.717, 1.165) is 43.4 Å². The van der Waals surface area contributed by atoms with Crippen LogP contribution < -0.4 is 15.1 Å². The second kappa shape index (κ2) is 9.94. The molecule has 0 spiro atoms. The fraction of sp³-hybridized carbons (Fsp3) is 0.400. The van der Waals surface area contributed by atoms with E-state index < -0.39 is 0 Å². The second-order valence-corrected chi connectivity index (χ2v) is 8.49. The van der Waals surface area contributed by atoms with Gasteiger partial charge in [0.2, 0.25) is 0 Å². The van der Waals surface area contributed by atoms with Crippen molar-refractivity contribution >= 4 is 17.5 Å². The molecule has 1 N–H and O–H groups in total. The molecular weight excluding hydrogens is 414 g/mol. The first kappa shape index (κ1) is 22.6. The molecule has 1 atom stereocenters. The van der Waals surface area contributed by atoms with Gasteiger partial charge in [-0.05, 0) is 44.4 Å². The summed E-state index contributed by atoms with van der Waals surface area (Å²) < 4.78 is 0. The third-order valence-corrected chi connectivity index (χ3v) is 6.24. The first-order valence-electron chi connectivity index (χ1n) is 11.5. The number of amides is 1. The number of carbonyl (C=O) groups excluding carboxylic acids is 1. The molecule has 0 saturated carbocycles. The van der Waals surface area contributed by atoms with Crippen molar-refractivity contribution in [1.82, 2.24) is 25.5 Å². The average Bonchev–Trinajstić information content (AvgIpc) is 2.83. The van der Waals surface area contributed by atoms with Crippen molar-refractivity contribution in [3.05, 3.63) is 70.8 Å². The SMILES string of the molecule is CCNC(=O)c1cnc(N2CCN(c3nnc(Cc4ccccc4)c(C)c3C)C[C@H]2C)cn1. The van der Waals surface area contributed by atoms with E-state index >= 15 is 0 Å². The molecule has 1 fully saturated rings. The second-order valence-electron chi connectivity index (χ2n) is 8.49. The number of piperazine rings is 1. The quantitative estimate of drug-likeness (QED) is 0.624. The van der Waals surface area contributed by atoms with Crippen molar-refractivity contribution in [3.8, 4) is 0 Å². The summed E-state index contributed by atoms with van der Waals surface area (Å²) in [5.74, 6) is 1.54. The molecule has 0 radical (unpaired) electrons. The van der Waals surface area contributed by atoms with Crippen LogP contribution in [0.5, 0.6) is 0 Å². The molecule has 1 aliphatic rings. The molecule has 33 heavy (non-hydrogen) atoms. The first-order valence-corrected chi connectivity index (χ1v) is 11.5. The van der Waals surface area contributed by atoms with E-state index in [1.54, 1.807) is 12.4 Å². The number of carbonyl (C=O) groups is 1. The summed E-state index contributed by atoms with van der Waals surface area (Å²) in [6.45, 7) is 11.3. The highest BCUT2D eigenvalue weighted by atomic mass is 16.1. The van der Waals surface area contributed by atoms with Crippen LogP contribution in [-0.2, 0) is 6.42 Å². The highest BCUT2D eigenvalue weighted by Gasteiger charge is 2.27. The van der Waals surface area contributed by atoms with Gasteiger partial charge in [-0.2, -0.15) is 5.10 Å². The topological polar surface area (TPSA) is 87.1 Å². The van der Waals surface area contributed by atoms with Crippen LogP contribution in [0.25, 0.3) is 0 Å². The number of hydrogen-bond donors (Lipinski definition) is 1. The van der Waals surface area contributed by atoms with Gasteiger partial charge >= 0.3 is 0 Å². The lowest BCUT2D eigenvalue weighted by Gasteiger charge is -2.41. The van der Waals surface area contributed by atoms with Crippen LogP contribution in [0.1, 0.15) is 46.7 Å². The molecule has 2 aromatic heterocycles. The zero-order valence-corrected chi connectivity index (χ0v) is 19.7. The van der Waals surface area contributed by atoms with Crippen molar-refractivity contribution in [2.75, 3.05) is 36.0 Å². The Bertz CT molecular complexity index is 1100. The van der Waals surface area contributed by atoms with Crippen LogP contribution in [0, 0.1) is 13.8 Å². The molecule has 4 rings (SSSR count). The Balaban J connectivity index is 1.45. The van der Waals surface area contributed by atoms with Gasteiger partial charge in [-0.25, -0.2) is 9.97 Å². The zero-order valence-electron chi connectivity index (χ0n) is 19.7. The monoisotopic (exact) mass is 445 g/mol. The molecule has 1 amide bonds. The van der Waals surface area contributed by atoms with Crippen molar-refractivity contribution in [3.63, 3.8) is 0 Å². The molecule has 8 nitrogen and oxygen atoms in total. The van der Waals surface area contributed by atoms with Gasteiger partial charge in [0.05, 0.1) is 18.1 Å². The molecule has 0 bridgehead atoms. The smallest absolute Gasteiger partial charge is 0.271 e. The Morgan fingerprint density at radius 3 is 2.52 bits per heavy atom. The van der Waals surface area contributed by atoms with Gasteiger partial charge in [0.1, 0.15) is 11.5 Å². The minimum atomic E-state index is -0.199. The fourth-order valence-corrected chi connectivity index (χ4v) is 4.23. The average molecular weight is 446 g/mol. The molecule has 1 aromatic carbocycles. The summed E-state index contributed by atoms with van der Waals surface area (Å²) in [6, 6.07) is 10.6. The number of benzene rings is 1. The first-order chi connectivity index (χ1) is 16.0. The predicted octanol–water partition coefficient (Wildman–Crippen LogP) is 2.94. The molecule has 8 heteroatoms.